The van der Waals surface area contributed by atoms with Gasteiger partial charge in [0.2, 0.25) is 0 Å². The summed E-state index contributed by atoms with van der Waals surface area (Å²) in [5.74, 6) is -0.359. The number of hydrogen-bond acceptors (Lipinski definition) is 3. The Hall–Kier alpha value is -1.13. The van der Waals surface area contributed by atoms with Gasteiger partial charge in [-0.1, -0.05) is 0 Å². The molecular weight excluding hydrogens is 157 g/mol. The lowest BCUT2D eigenvalue weighted by Gasteiger charge is -2.10. The highest BCUT2D eigenvalue weighted by Gasteiger charge is 2.09. The molecule has 0 aliphatic carbocycles. The minimum Gasteiger partial charge on any atom is -0.399 e. The fraction of sp³-hybridized carbons (Fsp3) is 0.250. The molecule has 4 heteroatoms. The summed E-state index contributed by atoms with van der Waals surface area (Å²) in [4.78, 5) is 0. The van der Waals surface area contributed by atoms with Crippen molar-refractivity contribution in [2.45, 2.75) is 6.04 Å². The van der Waals surface area contributed by atoms with Crippen molar-refractivity contribution in [2.75, 3.05) is 12.3 Å². The second-order valence-electron chi connectivity index (χ2n) is 2.62. The molecule has 0 heterocycles. The molecule has 0 bridgehead atoms. The Balaban J connectivity index is 3.04. The summed E-state index contributed by atoms with van der Waals surface area (Å²) in [7, 11) is 0. The van der Waals surface area contributed by atoms with Crippen molar-refractivity contribution in [1.82, 2.24) is 0 Å². The Labute approximate surface area is 70.3 Å². The first-order valence-electron chi connectivity index (χ1n) is 3.65. The molecule has 1 aromatic rings. The van der Waals surface area contributed by atoms with Gasteiger partial charge >= 0.3 is 0 Å². The van der Waals surface area contributed by atoms with E-state index in [1.165, 1.54) is 18.2 Å². The predicted octanol–water partition coefficient (Wildman–Crippen LogP) is 0.366. The molecule has 0 fully saturated rings. The van der Waals surface area contributed by atoms with Crippen LogP contribution in [0.2, 0.25) is 0 Å². The minimum absolute atomic E-state index is 0.209. The molecule has 1 atom stereocenters. The van der Waals surface area contributed by atoms with E-state index in [2.05, 4.69) is 0 Å². The van der Waals surface area contributed by atoms with Crippen LogP contribution in [0.5, 0.6) is 0 Å². The third-order valence-corrected chi connectivity index (χ3v) is 1.67. The molecule has 0 saturated carbocycles. The minimum atomic E-state index is -0.478. The average molecular weight is 169 g/mol. The molecule has 0 aliphatic rings. The van der Waals surface area contributed by atoms with Gasteiger partial charge in [-0.15, -0.1) is 0 Å². The highest BCUT2D eigenvalue weighted by Crippen LogP contribution is 2.17. The Morgan fingerprint density at radius 3 is 2.67 bits per heavy atom. The van der Waals surface area contributed by atoms with E-state index in [1.807, 2.05) is 0 Å². The quantitative estimate of drug-likeness (QED) is 0.559. The highest BCUT2D eigenvalue weighted by atomic mass is 19.1. The van der Waals surface area contributed by atoms with Crippen LogP contribution in [0.3, 0.4) is 0 Å². The Bertz CT molecular complexity index is 275. The van der Waals surface area contributed by atoms with Crippen molar-refractivity contribution in [1.29, 1.82) is 0 Å². The average Bonchev–Trinajstić information content (AvgIpc) is 2.08. The van der Waals surface area contributed by atoms with Gasteiger partial charge in [-0.2, -0.15) is 0 Å². The van der Waals surface area contributed by atoms with Gasteiger partial charge in [0.15, 0.2) is 0 Å². The summed E-state index contributed by atoms with van der Waals surface area (Å²) in [6.45, 7) is 0.209. The fourth-order valence-electron chi connectivity index (χ4n) is 0.973. The number of rotatable bonds is 2. The molecule has 6 N–H and O–H groups in total. The molecule has 0 radical (unpaired) electrons. The molecular formula is C8H12FN3. The van der Waals surface area contributed by atoms with Crippen molar-refractivity contribution >= 4 is 5.69 Å². The zero-order valence-corrected chi connectivity index (χ0v) is 6.63. The maximum absolute atomic E-state index is 13.0. The summed E-state index contributed by atoms with van der Waals surface area (Å²) in [6.07, 6.45) is 0. The number of nitrogen functional groups attached to an aromatic ring is 1. The second-order valence-corrected chi connectivity index (χ2v) is 2.62. The molecule has 0 aliphatic heterocycles. The van der Waals surface area contributed by atoms with Crippen LogP contribution in [0.25, 0.3) is 0 Å². The van der Waals surface area contributed by atoms with Gasteiger partial charge < -0.3 is 17.2 Å². The van der Waals surface area contributed by atoms with Crippen LogP contribution in [-0.4, -0.2) is 6.54 Å². The molecule has 0 spiro atoms. The zero-order chi connectivity index (χ0) is 9.14. The first-order chi connectivity index (χ1) is 5.65. The van der Waals surface area contributed by atoms with Crippen LogP contribution in [0.15, 0.2) is 18.2 Å². The van der Waals surface area contributed by atoms with Gasteiger partial charge in [0.25, 0.3) is 0 Å². The Kier molecular flexibility index (Phi) is 2.62. The van der Waals surface area contributed by atoms with Gasteiger partial charge in [0, 0.05) is 23.8 Å². The molecule has 0 saturated heterocycles. The molecule has 0 amide bonds. The number of anilines is 1. The third kappa shape index (κ3) is 1.72. The highest BCUT2D eigenvalue weighted by molar-refractivity contribution is 5.42. The van der Waals surface area contributed by atoms with E-state index in [0.29, 0.717) is 11.3 Å². The number of hydrogen-bond donors (Lipinski definition) is 3. The first-order valence-corrected chi connectivity index (χ1v) is 3.65. The Morgan fingerprint density at radius 1 is 1.42 bits per heavy atom. The van der Waals surface area contributed by atoms with Gasteiger partial charge in [0.1, 0.15) is 5.82 Å². The van der Waals surface area contributed by atoms with Gasteiger partial charge in [-0.25, -0.2) is 4.39 Å². The van der Waals surface area contributed by atoms with Crippen molar-refractivity contribution < 1.29 is 4.39 Å². The van der Waals surface area contributed by atoms with Crippen LogP contribution in [-0.2, 0) is 0 Å². The second kappa shape index (κ2) is 3.51. The smallest absolute Gasteiger partial charge is 0.128 e. The number of halogens is 1. The van der Waals surface area contributed by atoms with Crippen molar-refractivity contribution in [3.05, 3.63) is 29.6 Å². The molecule has 1 rings (SSSR count). The van der Waals surface area contributed by atoms with Gasteiger partial charge in [-0.3, -0.25) is 0 Å². The lowest BCUT2D eigenvalue weighted by molar-refractivity contribution is 0.584. The molecule has 66 valence electrons. The summed E-state index contributed by atoms with van der Waals surface area (Å²) < 4.78 is 13.0. The van der Waals surface area contributed by atoms with E-state index >= 15 is 0 Å². The van der Waals surface area contributed by atoms with E-state index in [4.69, 9.17) is 17.2 Å². The fourth-order valence-corrected chi connectivity index (χ4v) is 0.973. The maximum Gasteiger partial charge on any atom is 0.128 e. The van der Waals surface area contributed by atoms with Gasteiger partial charge in [0.05, 0.1) is 0 Å². The van der Waals surface area contributed by atoms with Crippen LogP contribution >= 0.6 is 0 Å². The number of benzene rings is 1. The van der Waals surface area contributed by atoms with Crippen LogP contribution in [0, 0.1) is 5.82 Å². The van der Waals surface area contributed by atoms with E-state index in [1.54, 1.807) is 0 Å². The van der Waals surface area contributed by atoms with Crippen LogP contribution < -0.4 is 17.2 Å². The van der Waals surface area contributed by atoms with E-state index < -0.39 is 6.04 Å². The maximum atomic E-state index is 13.0. The van der Waals surface area contributed by atoms with Gasteiger partial charge in [-0.05, 0) is 18.2 Å². The molecule has 12 heavy (non-hydrogen) atoms. The standard InChI is InChI=1S/C8H12FN3/c9-7-2-1-5(11)3-6(7)8(12)4-10/h1-3,8H,4,10-12H2/t8-/m0/s1. The van der Waals surface area contributed by atoms with Crippen molar-refractivity contribution in [2.24, 2.45) is 11.5 Å². The molecule has 0 unspecified atom stereocenters. The molecule has 1 aromatic carbocycles. The monoisotopic (exact) mass is 169 g/mol. The van der Waals surface area contributed by atoms with Crippen LogP contribution in [0.4, 0.5) is 10.1 Å². The SMILES string of the molecule is NC[C@H](N)c1cc(N)ccc1F. The summed E-state index contributed by atoms with van der Waals surface area (Å²) >= 11 is 0. The predicted molar refractivity (Wildman–Crippen MR) is 46.8 cm³/mol. The van der Waals surface area contributed by atoms with E-state index in [-0.39, 0.29) is 12.4 Å². The van der Waals surface area contributed by atoms with E-state index in [0.717, 1.165) is 0 Å². The summed E-state index contributed by atoms with van der Waals surface area (Å²) in [5, 5.41) is 0. The third-order valence-electron chi connectivity index (χ3n) is 1.67. The molecule has 0 aromatic heterocycles. The lowest BCUT2D eigenvalue weighted by atomic mass is 10.1. The number of nitrogens with two attached hydrogens (primary N) is 3. The summed E-state index contributed by atoms with van der Waals surface area (Å²) in [5.41, 5.74) is 17.2. The summed E-state index contributed by atoms with van der Waals surface area (Å²) in [6, 6.07) is 3.81. The molecule has 3 nitrogen and oxygen atoms in total. The van der Waals surface area contributed by atoms with E-state index in [9.17, 15) is 4.39 Å². The van der Waals surface area contributed by atoms with Crippen molar-refractivity contribution in [3.8, 4) is 0 Å². The zero-order valence-electron chi connectivity index (χ0n) is 6.63. The largest absolute Gasteiger partial charge is 0.399 e. The topological polar surface area (TPSA) is 78.1 Å². The normalized spacial score (nSPS) is 12.9. The Morgan fingerprint density at radius 2 is 2.08 bits per heavy atom. The lowest BCUT2D eigenvalue weighted by Crippen LogP contribution is -2.21. The first kappa shape index (κ1) is 8.96. The van der Waals surface area contributed by atoms with Crippen LogP contribution in [0.1, 0.15) is 11.6 Å². The van der Waals surface area contributed by atoms with Crippen molar-refractivity contribution in [3.63, 3.8) is 0 Å².